The number of carboxylic acid groups (broad SMARTS) is 1. The lowest BCUT2D eigenvalue weighted by Crippen LogP contribution is -2.40. The Morgan fingerprint density at radius 1 is 1.67 bits per heavy atom. The molecule has 2 aliphatic heterocycles. The Labute approximate surface area is 71.7 Å². The molecule has 0 aliphatic carbocycles. The summed E-state index contributed by atoms with van der Waals surface area (Å²) in [6.45, 7) is 2.78. The third-order valence-corrected chi connectivity index (χ3v) is 2.65. The van der Waals surface area contributed by atoms with Crippen molar-refractivity contribution in [1.82, 2.24) is 4.90 Å². The number of aliphatic carboxylic acids is 1. The van der Waals surface area contributed by atoms with Crippen molar-refractivity contribution in [2.24, 2.45) is 5.92 Å². The molecule has 0 saturated carbocycles. The topological polar surface area (TPSA) is 40.5 Å². The Morgan fingerprint density at radius 3 is 3.17 bits per heavy atom. The van der Waals surface area contributed by atoms with Crippen LogP contribution >= 0.6 is 0 Å². The van der Waals surface area contributed by atoms with E-state index in [1.807, 2.05) is 6.08 Å². The molecule has 3 heteroatoms. The molecule has 3 nitrogen and oxygen atoms in total. The van der Waals surface area contributed by atoms with Crippen LogP contribution in [-0.2, 0) is 4.79 Å². The number of nitrogens with zero attached hydrogens (tertiary/aromatic N) is 1. The van der Waals surface area contributed by atoms with Gasteiger partial charge in [0.05, 0.1) is 0 Å². The van der Waals surface area contributed by atoms with Crippen molar-refractivity contribution in [3.63, 3.8) is 0 Å². The van der Waals surface area contributed by atoms with Crippen LogP contribution in [0.4, 0.5) is 0 Å². The predicted octanol–water partition coefficient (Wildman–Crippen LogP) is 0.723. The second-order valence-corrected chi connectivity index (χ2v) is 3.63. The van der Waals surface area contributed by atoms with Crippen LogP contribution in [0.3, 0.4) is 0 Å². The SMILES string of the molecule is O=C(O)C1=CC2CCCN(C1)C2. The average molecular weight is 167 g/mol. The van der Waals surface area contributed by atoms with Crippen molar-refractivity contribution in [1.29, 1.82) is 0 Å². The van der Waals surface area contributed by atoms with Crippen LogP contribution in [0, 0.1) is 5.92 Å². The zero-order valence-electron chi connectivity index (χ0n) is 6.99. The highest BCUT2D eigenvalue weighted by molar-refractivity contribution is 5.87. The molecule has 2 heterocycles. The van der Waals surface area contributed by atoms with Gasteiger partial charge in [0.15, 0.2) is 0 Å². The first-order valence-corrected chi connectivity index (χ1v) is 4.42. The molecule has 1 fully saturated rings. The number of carboxylic acids is 1. The average Bonchev–Trinajstić information content (AvgIpc) is 2.03. The zero-order chi connectivity index (χ0) is 8.55. The predicted molar refractivity (Wildman–Crippen MR) is 44.9 cm³/mol. The minimum atomic E-state index is -0.744. The number of hydrogen-bond donors (Lipinski definition) is 1. The standard InChI is InChI=1S/C9H13NO2/c11-9(12)8-4-7-2-1-3-10(5-7)6-8/h4,7H,1-3,5-6H2,(H,11,12). The monoisotopic (exact) mass is 167 g/mol. The maximum atomic E-state index is 10.7. The highest BCUT2D eigenvalue weighted by Gasteiger charge is 2.26. The number of carbonyl (C=O) groups is 1. The molecule has 0 spiro atoms. The summed E-state index contributed by atoms with van der Waals surface area (Å²) in [6, 6.07) is 0. The van der Waals surface area contributed by atoms with E-state index in [0.29, 0.717) is 18.0 Å². The summed E-state index contributed by atoms with van der Waals surface area (Å²) in [5.41, 5.74) is 0.589. The highest BCUT2D eigenvalue weighted by atomic mass is 16.4. The zero-order valence-corrected chi connectivity index (χ0v) is 6.99. The fraction of sp³-hybridized carbons (Fsp3) is 0.667. The molecule has 0 aromatic carbocycles. The summed E-state index contributed by atoms with van der Waals surface area (Å²) in [5, 5.41) is 8.80. The normalized spacial score (nSPS) is 34.2. The smallest absolute Gasteiger partial charge is 0.332 e. The first kappa shape index (κ1) is 7.80. The van der Waals surface area contributed by atoms with E-state index in [-0.39, 0.29) is 0 Å². The van der Waals surface area contributed by atoms with Gasteiger partial charge in [-0.05, 0) is 25.3 Å². The summed E-state index contributed by atoms with van der Waals surface area (Å²) in [7, 11) is 0. The molecule has 0 aromatic rings. The van der Waals surface area contributed by atoms with Gasteiger partial charge in [0.25, 0.3) is 0 Å². The van der Waals surface area contributed by atoms with Gasteiger partial charge in [-0.2, -0.15) is 0 Å². The van der Waals surface area contributed by atoms with E-state index in [4.69, 9.17) is 5.11 Å². The lowest BCUT2D eigenvalue weighted by Gasteiger charge is -2.35. The Hall–Kier alpha value is -0.830. The van der Waals surface area contributed by atoms with Gasteiger partial charge in [-0.15, -0.1) is 0 Å². The molecular formula is C9H13NO2. The number of rotatable bonds is 1. The maximum Gasteiger partial charge on any atom is 0.332 e. The number of hydrogen-bond acceptors (Lipinski definition) is 2. The molecule has 2 aliphatic rings. The van der Waals surface area contributed by atoms with E-state index in [9.17, 15) is 4.79 Å². The first-order valence-electron chi connectivity index (χ1n) is 4.42. The van der Waals surface area contributed by atoms with Gasteiger partial charge in [-0.25, -0.2) is 4.79 Å². The number of fused-ring (bicyclic) bond motifs is 2. The minimum absolute atomic E-state index is 0.499. The molecule has 2 atom stereocenters. The van der Waals surface area contributed by atoms with Crippen LogP contribution in [0.25, 0.3) is 0 Å². The number of piperidine rings is 1. The Bertz CT molecular complexity index is 235. The van der Waals surface area contributed by atoms with E-state index in [2.05, 4.69) is 4.90 Å². The van der Waals surface area contributed by atoms with E-state index < -0.39 is 5.97 Å². The fourth-order valence-corrected chi connectivity index (χ4v) is 2.09. The first-order chi connectivity index (χ1) is 5.75. The largest absolute Gasteiger partial charge is 0.478 e. The summed E-state index contributed by atoms with van der Waals surface area (Å²) in [5.74, 6) is -0.245. The Morgan fingerprint density at radius 2 is 2.50 bits per heavy atom. The second-order valence-electron chi connectivity index (χ2n) is 3.63. The van der Waals surface area contributed by atoms with Gasteiger partial charge in [0.1, 0.15) is 0 Å². The third-order valence-electron chi connectivity index (χ3n) is 2.65. The van der Waals surface area contributed by atoms with E-state index in [0.717, 1.165) is 19.5 Å². The Balaban J connectivity index is 2.17. The summed E-state index contributed by atoms with van der Waals surface area (Å²) in [4.78, 5) is 12.9. The van der Waals surface area contributed by atoms with Crippen molar-refractivity contribution in [3.8, 4) is 0 Å². The van der Waals surface area contributed by atoms with Crippen molar-refractivity contribution in [2.75, 3.05) is 19.6 Å². The van der Waals surface area contributed by atoms with Gasteiger partial charge in [-0.3, -0.25) is 4.90 Å². The Kier molecular flexibility index (Phi) is 1.89. The molecule has 2 unspecified atom stereocenters. The molecule has 2 bridgehead atoms. The van der Waals surface area contributed by atoms with E-state index >= 15 is 0 Å². The fourth-order valence-electron chi connectivity index (χ4n) is 2.09. The van der Waals surface area contributed by atoms with Gasteiger partial charge in [0.2, 0.25) is 0 Å². The van der Waals surface area contributed by atoms with Crippen LogP contribution in [0.15, 0.2) is 11.6 Å². The van der Waals surface area contributed by atoms with Gasteiger partial charge in [-0.1, -0.05) is 6.08 Å². The van der Waals surface area contributed by atoms with Gasteiger partial charge in [0, 0.05) is 18.7 Å². The lowest BCUT2D eigenvalue weighted by molar-refractivity contribution is -0.133. The quantitative estimate of drug-likeness (QED) is 0.625. The molecule has 0 radical (unpaired) electrons. The van der Waals surface area contributed by atoms with Crippen molar-refractivity contribution in [2.45, 2.75) is 12.8 Å². The van der Waals surface area contributed by atoms with Gasteiger partial charge < -0.3 is 5.11 Å². The van der Waals surface area contributed by atoms with Gasteiger partial charge >= 0.3 is 5.97 Å². The maximum absolute atomic E-state index is 10.7. The summed E-state index contributed by atoms with van der Waals surface area (Å²) in [6.07, 6.45) is 4.32. The molecule has 66 valence electrons. The van der Waals surface area contributed by atoms with Crippen LogP contribution in [0.2, 0.25) is 0 Å². The summed E-state index contributed by atoms with van der Waals surface area (Å²) < 4.78 is 0. The highest BCUT2D eigenvalue weighted by Crippen LogP contribution is 2.24. The van der Waals surface area contributed by atoms with Crippen LogP contribution < -0.4 is 0 Å². The van der Waals surface area contributed by atoms with Crippen molar-refractivity contribution in [3.05, 3.63) is 11.6 Å². The van der Waals surface area contributed by atoms with Crippen molar-refractivity contribution >= 4 is 5.97 Å². The molecular weight excluding hydrogens is 154 g/mol. The summed E-state index contributed by atoms with van der Waals surface area (Å²) >= 11 is 0. The molecule has 1 saturated heterocycles. The third kappa shape index (κ3) is 1.37. The van der Waals surface area contributed by atoms with E-state index in [1.54, 1.807) is 0 Å². The van der Waals surface area contributed by atoms with Crippen LogP contribution in [0.5, 0.6) is 0 Å². The van der Waals surface area contributed by atoms with E-state index in [1.165, 1.54) is 6.42 Å². The molecule has 2 rings (SSSR count). The molecule has 0 amide bonds. The lowest BCUT2D eigenvalue weighted by atomic mass is 9.91. The van der Waals surface area contributed by atoms with Crippen molar-refractivity contribution < 1.29 is 9.90 Å². The molecule has 1 N–H and O–H groups in total. The minimum Gasteiger partial charge on any atom is -0.478 e. The van der Waals surface area contributed by atoms with Crippen LogP contribution in [-0.4, -0.2) is 35.6 Å². The molecule has 0 aromatic heterocycles. The second kappa shape index (κ2) is 2.90. The van der Waals surface area contributed by atoms with Crippen LogP contribution in [0.1, 0.15) is 12.8 Å². The molecule has 12 heavy (non-hydrogen) atoms.